The van der Waals surface area contributed by atoms with Crippen LogP contribution in [0.4, 0.5) is 11.6 Å². The lowest BCUT2D eigenvalue weighted by Gasteiger charge is -2.11. The summed E-state index contributed by atoms with van der Waals surface area (Å²) in [4.78, 5) is 21.5. The molecule has 4 rings (SSSR count). The highest BCUT2D eigenvalue weighted by Crippen LogP contribution is 2.34. The highest BCUT2D eigenvalue weighted by Gasteiger charge is 2.24. The Labute approximate surface area is 181 Å². The summed E-state index contributed by atoms with van der Waals surface area (Å²) in [7, 11) is 0. The average Bonchev–Trinajstić information content (AvgIpc) is 3.53. The van der Waals surface area contributed by atoms with E-state index in [1.807, 2.05) is 36.9 Å². The van der Waals surface area contributed by atoms with Crippen LogP contribution in [0.15, 0.2) is 42.9 Å². The lowest BCUT2D eigenvalue weighted by atomic mass is 10.1. The van der Waals surface area contributed by atoms with Gasteiger partial charge in [0.1, 0.15) is 6.04 Å². The predicted molar refractivity (Wildman–Crippen MR) is 118 cm³/mol. The Morgan fingerprint density at radius 3 is 2.74 bits per heavy atom. The van der Waals surface area contributed by atoms with Gasteiger partial charge in [-0.3, -0.25) is 9.48 Å². The van der Waals surface area contributed by atoms with E-state index in [9.17, 15) is 4.79 Å². The van der Waals surface area contributed by atoms with Gasteiger partial charge in [0, 0.05) is 23.5 Å². The molecule has 0 spiro atoms. The Hall–Kier alpha value is -3.73. The zero-order valence-electron chi connectivity index (χ0n) is 17.7. The SMILES string of the molecule is CCC[C@@H](C#N)NC(=O)c1ccc(-c2nc(Nc3cnn(C4CC4)c3)ncc2C)cc1. The van der Waals surface area contributed by atoms with Crippen LogP contribution in [0.5, 0.6) is 0 Å². The molecule has 31 heavy (non-hydrogen) atoms. The monoisotopic (exact) mass is 415 g/mol. The molecule has 0 unspecified atom stereocenters. The zero-order chi connectivity index (χ0) is 21.8. The van der Waals surface area contributed by atoms with E-state index in [0.717, 1.165) is 28.9 Å². The smallest absolute Gasteiger partial charge is 0.252 e. The summed E-state index contributed by atoms with van der Waals surface area (Å²) in [6.07, 6.45) is 9.35. The van der Waals surface area contributed by atoms with E-state index in [4.69, 9.17) is 5.26 Å². The van der Waals surface area contributed by atoms with E-state index in [2.05, 4.69) is 31.8 Å². The first-order valence-corrected chi connectivity index (χ1v) is 10.5. The summed E-state index contributed by atoms with van der Waals surface area (Å²) in [5, 5.41) is 19.5. The summed E-state index contributed by atoms with van der Waals surface area (Å²) in [5.41, 5.74) is 3.98. The van der Waals surface area contributed by atoms with E-state index < -0.39 is 6.04 Å². The topological polar surface area (TPSA) is 109 Å². The molecule has 8 nitrogen and oxygen atoms in total. The van der Waals surface area contributed by atoms with Crippen LogP contribution in [0.1, 0.15) is 54.6 Å². The molecular formula is C23H25N7O. The van der Waals surface area contributed by atoms with Crippen molar-refractivity contribution in [2.24, 2.45) is 0 Å². The number of hydrogen-bond donors (Lipinski definition) is 2. The summed E-state index contributed by atoms with van der Waals surface area (Å²) >= 11 is 0. The van der Waals surface area contributed by atoms with Crippen LogP contribution >= 0.6 is 0 Å². The Morgan fingerprint density at radius 2 is 2.06 bits per heavy atom. The van der Waals surface area contributed by atoms with Crippen molar-refractivity contribution in [3.05, 3.63) is 54.0 Å². The van der Waals surface area contributed by atoms with Crippen molar-refractivity contribution in [2.75, 3.05) is 5.32 Å². The highest BCUT2D eigenvalue weighted by molar-refractivity contribution is 5.95. The van der Waals surface area contributed by atoms with Gasteiger partial charge in [-0.2, -0.15) is 10.4 Å². The largest absolute Gasteiger partial charge is 0.336 e. The van der Waals surface area contributed by atoms with Crippen molar-refractivity contribution >= 4 is 17.5 Å². The number of amides is 1. The van der Waals surface area contributed by atoms with Crippen molar-refractivity contribution < 1.29 is 4.79 Å². The molecule has 0 bridgehead atoms. The van der Waals surface area contributed by atoms with Gasteiger partial charge in [0.25, 0.3) is 5.91 Å². The summed E-state index contributed by atoms with van der Waals surface area (Å²) in [5.74, 6) is 0.246. The third-order valence-corrected chi connectivity index (χ3v) is 5.21. The number of hydrogen-bond acceptors (Lipinski definition) is 6. The first-order chi connectivity index (χ1) is 15.1. The van der Waals surface area contributed by atoms with Gasteiger partial charge in [-0.15, -0.1) is 0 Å². The summed E-state index contributed by atoms with van der Waals surface area (Å²) in [6.45, 7) is 3.94. The first-order valence-electron chi connectivity index (χ1n) is 10.5. The Bertz CT molecular complexity index is 1110. The van der Waals surface area contributed by atoms with Crippen LogP contribution in [0.2, 0.25) is 0 Å². The molecule has 3 aromatic rings. The van der Waals surface area contributed by atoms with Crippen LogP contribution in [0, 0.1) is 18.3 Å². The molecule has 1 aliphatic rings. The van der Waals surface area contributed by atoms with Gasteiger partial charge in [-0.05, 0) is 43.9 Å². The number of anilines is 2. The average molecular weight is 416 g/mol. The molecule has 1 aromatic carbocycles. The van der Waals surface area contributed by atoms with Crippen LogP contribution in [-0.2, 0) is 0 Å². The van der Waals surface area contributed by atoms with Crippen LogP contribution in [0.25, 0.3) is 11.3 Å². The number of nitrogens with zero attached hydrogens (tertiary/aromatic N) is 5. The second kappa shape index (κ2) is 8.96. The molecule has 1 saturated carbocycles. The molecule has 0 aliphatic heterocycles. The highest BCUT2D eigenvalue weighted by atomic mass is 16.1. The van der Waals surface area contributed by atoms with E-state index in [1.165, 1.54) is 12.8 Å². The second-order valence-corrected chi connectivity index (χ2v) is 7.81. The fourth-order valence-electron chi connectivity index (χ4n) is 3.34. The van der Waals surface area contributed by atoms with E-state index in [0.29, 0.717) is 24.0 Å². The van der Waals surface area contributed by atoms with Crippen molar-refractivity contribution in [3.63, 3.8) is 0 Å². The maximum absolute atomic E-state index is 12.4. The molecule has 8 heteroatoms. The number of nitrogens with one attached hydrogen (secondary N) is 2. The minimum atomic E-state index is -0.473. The lowest BCUT2D eigenvalue weighted by Crippen LogP contribution is -2.33. The molecule has 0 saturated heterocycles. The van der Waals surface area contributed by atoms with Gasteiger partial charge in [0.2, 0.25) is 5.95 Å². The van der Waals surface area contributed by atoms with Crippen LogP contribution < -0.4 is 10.6 Å². The number of benzene rings is 1. The van der Waals surface area contributed by atoms with Gasteiger partial charge < -0.3 is 10.6 Å². The molecule has 158 valence electrons. The normalized spacial score (nSPS) is 14.0. The van der Waals surface area contributed by atoms with Crippen molar-refractivity contribution in [1.29, 1.82) is 5.26 Å². The van der Waals surface area contributed by atoms with Gasteiger partial charge in [-0.1, -0.05) is 25.5 Å². The van der Waals surface area contributed by atoms with E-state index in [-0.39, 0.29) is 5.91 Å². The molecule has 1 fully saturated rings. The zero-order valence-corrected chi connectivity index (χ0v) is 17.7. The number of aromatic nitrogens is 4. The van der Waals surface area contributed by atoms with Gasteiger partial charge >= 0.3 is 0 Å². The Balaban J connectivity index is 1.48. The number of rotatable bonds is 8. The quantitative estimate of drug-likeness (QED) is 0.572. The van der Waals surface area contributed by atoms with Crippen molar-refractivity contribution in [1.82, 2.24) is 25.1 Å². The molecule has 2 N–H and O–H groups in total. The fourth-order valence-corrected chi connectivity index (χ4v) is 3.34. The molecular weight excluding hydrogens is 390 g/mol. The Morgan fingerprint density at radius 1 is 1.29 bits per heavy atom. The number of aryl methyl sites for hydroxylation is 1. The molecule has 2 aromatic heterocycles. The van der Waals surface area contributed by atoms with Gasteiger partial charge in [-0.25, -0.2) is 9.97 Å². The van der Waals surface area contributed by atoms with Gasteiger partial charge in [0.15, 0.2) is 0 Å². The van der Waals surface area contributed by atoms with Crippen molar-refractivity contribution in [3.8, 4) is 17.3 Å². The summed E-state index contributed by atoms with van der Waals surface area (Å²) < 4.78 is 1.97. The maximum atomic E-state index is 12.4. The minimum absolute atomic E-state index is 0.249. The third-order valence-electron chi connectivity index (χ3n) is 5.21. The first kappa shape index (κ1) is 20.5. The molecule has 1 aliphatic carbocycles. The van der Waals surface area contributed by atoms with E-state index >= 15 is 0 Å². The number of carbonyl (C=O) groups is 1. The minimum Gasteiger partial charge on any atom is -0.336 e. The van der Waals surface area contributed by atoms with Gasteiger partial charge in [0.05, 0.1) is 29.7 Å². The number of nitriles is 1. The maximum Gasteiger partial charge on any atom is 0.252 e. The van der Waals surface area contributed by atoms with Crippen LogP contribution in [0.3, 0.4) is 0 Å². The molecule has 0 radical (unpaired) electrons. The Kier molecular flexibility index (Phi) is 5.94. The standard InChI is InChI=1S/C23H25N7O/c1-3-4-18(11-24)27-22(31)17-7-5-16(6-8-17)21-15(2)12-25-23(29-21)28-19-13-26-30(14-19)20-9-10-20/h5-8,12-14,18,20H,3-4,9-10H2,1-2H3,(H,27,31)(H,25,28,29)/t18-/m0/s1. The summed E-state index contributed by atoms with van der Waals surface area (Å²) in [6, 6.07) is 9.39. The molecule has 2 heterocycles. The third kappa shape index (κ3) is 4.89. The lowest BCUT2D eigenvalue weighted by molar-refractivity contribution is 0.0944. The fraction of sp³-hybridized carbons (Fsp3) is 0.348. The molecule has 1 atom stereocenters. The predicted octanol–water partition coefficient (Wildman–Crippen LogP) is 4.15. The number of carbonyl (C=O) groups excluding carboxylic acids is 1. The van der Waals surface area contributed by atoms with Crippen molar-refractivity contribution in [2.45, 2.75) is 51.6 Å². The second-order valence-electron chi connectivity index (χ2n) is 7.81. The molecule has 1 amide bonds. The van der Waals surface area contributed by atoms with E-state index in [1.54, 1.807) is 24.5 Å². The van der Waals surface area contributed by atoms with Crippen LogP contribution in [-0.4, -0.2) is 31.7 Å².